The molecule has 0 heterocycles. The van der Waals surface area contributed by atoms with Crippen LogP contribution in [0.5, 0.6) is 0 Å². The number of hydrogen-bond acceptors (Lipinski definition) is 2. The molecule has 0 radical (unpaired) electrons. The smallest absolute Gasteiger partial charge is 0.331 e. The van der Waals surface area contributed by atoms with Crippen LogP contribution in [0.2, 0.25) is 0 Å². The van der Waals surface area contributed by atoms with Crippen LogP contribution in [0, 0.1) is 10.8 Å². The molecule has 0 aromatic rings. The van der Waals surface area contributed by atoms with E-state index in [1.165, 1.54) is 6.08 Å². The van der Waals surface area contributed by atoms with Crippen LogP contribution >= 0.6 is 0 Å². The fourth-order valence-corrected chi connectivity index (χ4v) is 2.42. The summed E-state index contributed by atoms with van der Waals surface area (Å²) in [6.07, 6.45) is 3.13. The first-order valence-electron chi connectivity index (χ1n) is 5.47. The van der Waals surface area contributed by atoms with Crippen molar-refractivity contribution in [2.75, 3.05) is 0 Å². The summed E-state index contributed by atoms with van der Waals surface area (Å²) in [4.78, 5) is 22.6. The highest BCUT2D eigenvalue weighted by atomic mass is 16.4. The number of carboxylic acids is 2. The van der Waals surface area contributed by atoms with Crippen molar-refractivity contribution in [3.8, 4) is 0 Å². The fourth-order valence-electron chi connectivity index (χ4n) is 2.42. The SMILES string of the molecule is CC1=CC=C(C(=O)O)CC1(C(=O)O)C(C)(C)C. The number of carboxylic acid groups (broad SMARTS) is 2. The average Bonchev–Trinajstić information content (AvgIpc) is 2.15. The fraction of sp³-hybridized carbons (Fsp3) is 0.538. The molecule has 0 saturated heterocycles. The first-order chi connectivity index (χ1) is 7.63. The van der Waals surface area contributed by atoms with Gasteiger partial charge in [0.1, 0.15) is 0 Å². The lowest BCUT2D eigenvalue weighted by Crippen LogP contribution is -2.45. The van der Waals surface area contributed by atoms with Gasteiger partial charge in [0, 0.05) is 5.57 Å². The van der Waals surface area contributed by atoms with Crippen molar-refractivity contribution in [2.45, 2.75) is 34.1 Å². The summed E-state index contributed by atoms with van der Waals surface area (Å²) >= 11 is 0. The van der Waals surface area contributed by atoms with E-state index in [4.69, 9.17) is 5.11 Å². The van der Waals surface area contributed by atoms with E-state index in [1.54, 1.807) is 13.0 Å². The van der Waals surface area contributed by atoms with Crippen LogP contribution in [-0.2, 0) is 9.59 Å². The van der Waals surface area contributed by atoms with Crippen LogP contribution in [0.25, 0.3) is 0 Å². The summed E-state index contributed by atoms with van der Waals surface area (Å²) in [6, 6.07) is 0. The zero-order chi connectivity index (χ0) is 13.4. The molecule has 1 rings (SSSR count). The van der Waals surface area contributed by atoms with Crippen molar-refractivity contribution in [1.82, 2.24) is 0 Å². The lowest BCUT2D eigenvalue weighted by molar-refractivity contribution is -0.153. The summed E-state index contributed by atoms with van der Waals surface area (Å²) in [6.45, 7) is 7.21. The van der Waals surface area contributed by atoms with Gasteiger partial charge < -0.3 is 10.2 Å². The maximum Gasteiger partial charge on any atom is 0.331 e. The van der Waals surface area contributed by atoms with E-state index in [0.29, 0.717) is 5.57 Å². The Labute approximate surface area is 101 Å². The van der Waals surface area contributed by atoms with Gasteiger partial charge in [-0.3, -0.25) is 4.79 Å². The summed E-state index contributed by atoms with van der Waals surface area (Å²) in [5.74, 6) is -2.02. The van der Waals surface area contributed by atoms with Gasteiger partial charge >= 0.3 is 11.9 Å². The van der Waals surface area contributed by atoms with Crippen molar-refractivity contribution in [2.24, 2.45) is 10.8 Å². The van der Waals surface area contributed by atoms with Gasteiger partial charge in [-0.15, -0.1) is 0 Å². The molecule has 1 aliphatic carbocycles. The van der Waals surface area contributed by atoms with Crippen LogP contribution in [0.1, 0.15) is 34.1 Å². The van der Waals surface area contributed by atoms with E-state index in [0.717, 1.165) is 0 Å². The van der Waals surface area contributed by atoms with Crippen molar-refractivity contribution in [1.29, 1.82) is 0 Å². The highest BCUT2D eigenvalue weighted by molar-refractivity contribution is 5.91. The Balaban J connectivity index is 3.37. The first-order valence-corrected chi connectivity index (χ1v) is 5.47. The summed E-state index contributed by atoms with van der Waals surface area (Å²) < 4.78 is 0. The standard InChI is InChI=1S/C13H18O4/c1-8-5-6-9(10(14)15)7-13(8,11(16)17)12(2,3)4/h5-6H,7H2,1-4H3,(H,14,15)(H,16,17). The summed E-state index contributed by atoms with van der Waals surface area (Å²) in [5.41, 5.74) is -0.848. The minimum absolute atomic E-state index is 0.0312. The predicted octanol–water partition coefficient (Wildman–Crippen LogP) is 2.46. The Morgan fingerprint density at radius 2 is 1.76 bits per heavy atom. The van der Waals surface area contributed by atoms with Gasteiger partial charge in [-0.1, -0.05) is 38.5 Å². The van der Waals surface area contributed by atoms with Gasteiger partial charge in [-0.05, 0) is 18.8 Å². The second-order valence-electron chi connectivity index (χ2n) is 5.48. The van der Waals surface area contributed by atoms with Crippen molar-refractivity contribution >= 4 is 11.9 Å². The van der Waals surface area contributed by atoms with Crippen LogP contribution < -0.4 is 0 Å². The Morgan fingerprint density at radius 1 is 1.24 bits per heavy atom. The van der Waals surface area contributed by atoms with Crippen LogP contribution in [0.4, 0.5) is 0 Å². The highest BCUT2D eigenvalue weighted by Gasteiger charge is 2.51. The highest BCUT2D eigenvalue weighted by Crippen LogP contribution is 2.51. The van der Waals surface area contributed by atoms with Crippen molar-refractivity contribution in [3.05, 3.63) is 23.3 Å². The van der Waals surface area contributed by atoms with Gasteiger partial charge in [-0.2, -0.15) is 0 Å². The number of rotatable bonds is 2. The van der Waals surface area contributed by atoms with E-state index in [9.17, 15) is 14.7 Å². The molecule has 1 unspecified atom stereocenters. The Morgan fingerprint density at radius 3 is 2.12 bits per heavy atom. The third-order valence-corrected chi connectivity index (χ3v) is 3.58. The zero-order valence-corrected chi connectivity index (χ0v) is 10.6. The van der Waals surface area contributed by atoms with Gasteiger partial charge in [0.25, 0.3) is 0 Å². The van der Waals surface area contributed by atoms with E-state index in [-0.39, 0.29) is 12.0 Å². The molecule has 0 bridgehead atoms. The Bertz CT molecular complexity index is 423. The van der Waals surface area contributed by atoms with E-state index >= 15 is 0 Å². The predicted molar refractivity (Wildman–Crippen MR) is 63.6 cm³/mol. The molecule has 1 atom stereocenters. The number of hydrogen-bond donors (Lipinski definition) is 2. The quantitative estimate of drug-likeness (QED) is 0.775. The lowest BCUT2D eigenvalue weighted by Gasteiger charge is -2.43. The molecule has 0 spiro atoms. The molecule has 0 amide bonds. The number of aliphatic carboxylic acids is 2. The van der Waals surface area contributed by atoms with Crippen molar-refractivity contribution in [3.63, 3.8) is 0 Å². The molecule has 4 nitrogen and oxygen atoms in total. The maximum absolute atomic E-state index is 11.6. The molecule has 0 aromatic heterocycles. The molecule has 0 aliphatic heterocycles. The molecule has 2 N–H and O–H groups in total. The molecule has 0 aromatic carbocycles. The number of carbonyl (C=O) groups is 2. The van der Waals surface area contributed by atoms with E-state index in [1.807, 2.05) is 20.8 Å². The third-order valence-electron chi connectivity index (χ3n) is 3.58. The summed E-state index contributed by atoms with van der Waals surface area (Å²) in [7, 11) is 0. The van der Waals surface area contributed by atoms with Gasteiger partial charge in [0.2, 0.25) is 0 Å². The molecule has 17 heavy (non-hydrogen) atoms. The molecule has 4 heteroatoms. The topological polar surface area (TPSA) is 74.6 Å². The average molecular weight is 238 g/mol. The van der Waals surface area contributed by atoms with Crippen molar-refractivity contribution < 1.29 is 19.8 Å². The number of allylic oxidation sites excluding steroid dienone is 2. The first kappa shape index (κ1) is 13.5. The maximum atomic E-state index is 11.6. The molecular weight excluding hydrogens is 220 g/mol. The molecule has 94 valence electrons. The second-order valence-corrected chi connectivity index (χ2v) is 5.48. The normalized spacial score (nSPS) is 24.9. The van der Waals surface area contributed by atoms with E-state index < -0.39 is 22.8 Å². The Hall–Kier alpha value is -1.58. The zero-order valence-electron chi connectivity index (χ0n) is 10.6. The minimum atomic E-state index is -1.14. The molecule has 0 saturated carbocycles. The monoisotopic (exact) mass is 238 g/mol. The molecule has 0 fully saturated rings. The van der Waals surface area contributed by atoms with Gasteiger partial charge in [0.05, 0.1) is 5.41 Å². The largest absolute Gasteiger partial charge is 0.481 e. The van der Waals surface area contributed by atoms with Crippen LogP contribution in [0.3, 0.4) is 0 Å². The van der Waals surface area contributed by atoms with Crippen LogP contribution in [0.15, 0.2) is 23.3 Å². The lowest BCUT2D eigenvalue weighted by atomic mass is 9.58. The molecule has 1 aliphatic rings. The van der Waals surface area contributed by atoms with Gasteiger partial charge in [0.15, 0.2) is 0 Å². The third kappa shape index (κ3) is 1.99. The minimum Gasteiger partial charge on any atom is -0.481 e. The van der Waals surface area contributed by atoms with E-state index in [2.05, 4.69) is 0 Å². The molecular formula is C13H18O4. The second kappa shape index (κ2) is 4.02. The summed E-state index contributed by atoms with van der Waals surface area (Å²) in [5, 5.41) is 18.5. The van der Waals surface area contributed by atoms with Gasteiger partial charge in [-0.25, -0.2) is 4.79 Å². The Kier molecular flexibility index (Phi) is 3.19. The van der Waals surface area contributed by atoms with Crippen LogP contribution in [-0.4, -0.2) is 22.2 Å².